The first-order valence-electron chi connectivity index (χ1n) is 6.56. The van der Waals surface area contributed by atoms with Crippen molar-refractivity contribution in [2.75, 3.05) is 6.61 Å². The minimum Gasteiger partial charge on any atom is -0.396 e. The van der Waals surface area contributed by atoms with Gasteiger partial charge in [0.1, 0.15) is 0 Å². The third kappa shape index (κ3) is 4.80. The molecule has 0 spiro atoms. The number of rotatable bonds is 8. The molecule has 1 heteroatoms. The van der Waals surface area contributed by atoms with E-state index in [-0.39, 0.29) is 6.61 Å². The number of hydrogen-bond donors (Lipinski definition) is 1. The van der Waals surface area contributed by atoms with Crippen molar-refractivity contribution in [1.82, 2.24) is 0 Å². The summed E-state index contributed by atoms with van der Waals surface area (Å²) in [4.78, 5) is 0. The van der Waals surface area contributed by atoms with Gasteiger partial charge >= 0.3 is 0 Å². The van der Waals surface area contributed by atoms with Crippen LogP contribution < -0.4 is 0 Å². The third-order valence-corrected chi connectivity index (χ3v) is 3.05. The van der Waals surface area contributed by atoms with E-state index in [1.165, 1.54) is 49.7 Å². The minimum absolute atomic E-state index is 0.257. The Morgan fingerprint density at radius 1 is 0.875 bits per heavy atom. The molecule has 0 aliphatic heterocycles. The number of aryl methyl sites for hydroxylation is 1. The second-order valence-electron chi connectivity index (χ2n) is 4.41. The van der Waals surface area contributed by atoms with E-state index in [1.54, 1.807) is 0 Å². The highest BCUT2D eigenvalue weighted by molar-refractivity contribution is 5.27. The van der Waals surface area contributed by atoms with Crippen LogP contribution in [-0.2, 0) is 12.8 Å². The Balaban J connectivity index is 2.34. The summed E-state index contributed by atoms with van der Waals surface area (Å²) in [6.45, 7) is 2.50. The second kappa shape index (κ2) is 8.35. The van der Waals surface area contributed by atoms with Gasteiger partial charge in [0, 0.05) is 6.61 Å². The lowest BCUT2D eigenvalue weighted by molar-refractivity contribution is 0.299. The van der Waals surface area contributed by atoms with Crippen LogP contribution in [-0.4, -0.2) is 11.7 Å². The van der Waals surface area contributed by atoms with Gasteiger partial charge in [0.25, 0.3) is 0 Å². The van der Waals surface area contributed by atoms with Crippen LogP contribution in [0.2, 0.25) is 0 Å². The molecule has 0 bridgehead atoms. The summed E-state index contributed by atoms with van der Waals surface area (Å²) >= 11 is 0. The molecule has 0 saturated carbocycles. The van der Waals surface area contributed by atoms with Gasteiger partial charge in [0.05, 0.1) is 0 Å². The molecule has 0 fully saturated rings. The van der Waals surface area contributed by atoms with E-state index in [0.717, 1.165) is 6.42 Å². The summed E-state index contributed by atoms with van der Waals surface area (Å²) in [7, 11) is 0. The molecule has 0 radical (unpaired) electrons. The van der Waals surface area contributed by atoms with Crippen molar-refractivity contribution in [3.05, 3.63) is 35.4 Å². The van der Waals surface area contributed by atoms with Crippen LogP contribution in [0.15, 0.2) is 24.3 Å². The van der Waals surface area contributed by atoms with Crippen molar-refractivity contribution < 1.29 is 5.11 Å². The molecule has 90 valence electrons. The lowest BCUT2D eigenvalue weighted by Gasteiger charge is -2.08. The van der Waals surface area contributed by atoms with Crippen molar-refractivity contribution in [1.29, 1.82) is 0 Å². The average molecular weight is 220 g/mol. The molecule has 16 heavy (non-hydrogen) atoms. The quantitative estimate of drug-likeness (QED) is 0.662. The van der Waals surface area contributed by atoms with Gasteiger partial charge in [0.15, 0.2) is 0 Å². The molecule has 0 unspecified atom stereocenters. The van der Waals surface area contributed by atoms with Crippen LogP contribution in [0.4, 0.5) is 0 Å². The van der Waals surface area contributed by atoms with Gasteiger partial charge in [-0.3, -0.25) is 0 Å². The Morgan fingerprint density at radius 2 is 1.50 bits per heavy atom. The van der Waals surface area contributed by atoms with Crippen LogP contribution in [0.3, 0.4) is 0 Å². The highest BCUT2D eigenvalue weighted by Crippen LogP contribution is 2.14. The van der Waals surface area contributed by atoms with E-state index in [1.807, 2.05) is 0 Å². The summed E-state index contributed by atoms with van der Waals surface area (Å²) in [6, 6.07) is 8.50. The van der Waals surface area contributed by atoms with Crippen molar-refractivity contribution in [3.63, 3.8) is 0 Å². The molecule has 0 aromatic heterocycles. The molecule has 1 N–H and O–H groups in total. The van der Waals surface area contributed by atoms with E-state index in [9.17, 15) is 0 Å². The summed E-state index contributed by atoms with van der Waals surface area (Å²) in [5.74, 6) is 0. The first-order valence-corrected chi connectivity index (χ1v) is 6.56. The predicted molar refractivity (Wildman–Crippen MR) is 69.7 cm³/mol. The number of aliphatic hydroxyl groups excluding tert-OH is 1. The average Bonchev–Trinajstić information content (AvgIpc) is 2.31. The molecule has 0 aliphatic rings. The Morgan fingerprint density at radius 3 is 2.12 bits per heavy atom. The molecule has 0 amide bonds. The first-order chi connectivity index (χ1) is 7.88. The van der Waals surface area contributed by atoms with Gasteiger partial charge in [-0.1, -0.05) is 56.9 Å². The number of aliphatic hydroxyl groups is 1. The maximum atomic E-state index is 8.99. The van der Waals surface area contributed by atoms with E-state index >= 15 is 0 Å². The van der Waals surface area contributed by atoms with Crippen LogP contribution in [0.1, 0.15) is 50.2 Å². The maximum Gasteiger partial charge on any atom is 0.0471 e. The van der Waals surface area contributed by atoms with E-state index < -0.39 is 0 Å². The monoisotopic (exact) mass is 220 g/mol. The highest BCUT2D eigenvalue weighted by Gasteiger charge is 2.00. The van der Waals surface area contributed by atoms with Crippen LogP contribution in [0, 0.1) is 0 Å². The fraction of sp³-hybridized carbons (Fsp3) is 0.600. The van der Waals surface area contributed by atoms with Crippen molar-refractivity contribution in [2.45, 2.75) is 51.9 Å². The van der Waals surface area contributed by atoms with Gasteiger partial charge in [-0.25, -0.2) is 0 Å². The fourth-order valence-corrected chi connectivity index (χ4v) is 2.08. The Labute approximate surface area is 99.5 Å². The molecule has 0 saturated heterocycles. The zero-order chi connectivity index (χ0) is 11.6. The van der Waals surface area contributed by atoms with Gasteiger partial charge in [-0.05, 0) is 30.4 Å². The molecule has 1 nitrogen and oxygen atoms in total. The smallest absolute Gasteiger partial charge is 0.0471 e. The molecule has 0 heterocycles. The predicted octanol–water partition coefficient (Wildman–Crippen LogP) is 3.73. The number of hydrogen-bond acceptors (Lipinski definition) is 1. The molecule has 0 atom stereocenters. The maximum absolute atomic E-state index is 8.99. The SMILES string of the molecule is CCCCCCCc1ccccc1CCO. The summed E-state index contributed by atoms with van der Waals surface area (Å²) in [6.07, 6.45) is 8.60. The second-order valence-corrected chi connectivity index (χ2v) is 4.41. The lowest BCUT2D eigenvalue weighted by atomic mass is 9.99. The molecular weight excluding hydrogens is 196 g/mol. The van der Waals surface area contributed by atoms with Crippen molar-refractivity contribution in [3.8, 4) is 0 Å². The summed E-state index contributed by atoms with van der Waals surface area (Å²) in [5, 5.41) is 8.99. The summed E-state index contributed by atoms with van der Waals surface area (Å²) in [5.41, 5.74) is 2.74. The zero-order valence-corrected chi connectivity index (χ0v) is 10.4. The number of benzene rings is 1. The molecule has 1 aromatic carbocycles. The standard InChI is InChI=1S/C15H24O/c1-2-3-4-5-6-9-14-10-7-8-11-15(14)12-13-16/h7-8,10-11,16H,2-6,9,12-13H2,1H3. The fourth-order valence-electron chi connectivity index (χ4n) is 2.08. The molecular formula is C15H24O. The molecule has 1 rings (SSSR count). The Bertz CT molecular complexity index is 281. The van der Waals surface area contributed by atoms with Crippen molar-refractivity contribution in [2.24, 2.45) is 0 Å². The van der Waals surface area contributed by atoms with Crippen LogP contribution in [0.25, 0.3) is 0 Å². The van der Waals surface area contributed by atoms with E-state index in [2.05, 4.69) is 31.2 Å². The highest BCUT2D eigenvalue weighted by atomic mass is 16.2. The van der Waals surface area contributed by atoms with E-state index in [0.29, 0.717) is 0 Å². The lowest BCUT2D eigenvalue weighted by Crippen LogP contribution is -1.97. The van der Waals surface area contributed by atoms with Gasteiger partial charge in [-0.2, -0.15) is 0 Å². The topological polar surface area (TPSA) is 20.2 Å². The van der Waals surface area contributed by atoms with Crippen molar-refractivity contribution >= 4 is 0 Å². The summed E-state index contributed by atoms with van der Waals surface area (Å²) < 4.78 is 0. The number of unbranched alkanes of at least 4 members (excludes halogenated alkanes) is 4. The largest absolute Gasteiger partial charge is 0.396 e. The zero-order valence-electron chi connectivity index (χ0n) is 10.4. The first kappa shape index (κ1) is 13.2. The van der Waals surface area contributed by atoms with Crippen LogP contribution >= 0.6 is 0 Å². The van der Waals surface area contributed by atoms with Crippen LogP contribution in [0.5, 0.6) is 0 Å². The van der Waals surface area contributed by atoms with E-state index in [4.69, 9.17) is 5.11 Å². The minimum atomic E-state index is 0.257. The van der Waals surface area contributed by atoms with Gasteiger partial charge in [-0.15, -0.1) is 0 Å². The van der Waals surface area contributed by atoms with Gasteiger partial charge in [0.2, 0.25) is 0 Å². The normalized spacial score (nSPS) is 10.6. The van der Waals surface area contributed by atoms with Gasteiger partial charge < -0.3 is 5.11 Å². The Hall–Kier alpha value is -0.820. The molecule has 0 aliphatic carbocycles. The Kier molecular flexibility index (Phi) is 6.91. The molecule has 1 aromatic rings. The third-order valence-electron chi connectivity index (χ3n) is 3.05.